The summed E-state index contributed by atoms with van der Waals surface area (Å²) in [5.74, 6) is 1.01. The SMILES string of the molecule is COc1ccc([C@H]2CC(=O)Nc3c2c(=O)[nH]n3C(C)C)cc1. The topological polar surface area (TPSA) is 76.1 Å². The molecular weight excluding hydrogens is 282 g/mol. The number of hydrogen-bond acceptors (Lipinski definition) is 3. The molecule has 2 heterocycles. The largest absolute Gasteiger partial charge is 0.497 e. The third-order valence-corrected chi connectivity index (χ3v) is 3.99. The molecule has 1 aromatic heterocycles. The van der Waals surface area contributed by atoms with E-state index in [-0.39, 0.29) is 29.8 Å². The quantitative estimate of drug-likeness (QED) is 0.913. The van der Waals surface area contributed by atoms with Crippen molar-refractivity contribution >= 4 is 11.7 Å². The number of H-pyrrole nitrogens is 1. The van der Waals surface area contributed by atoms with Crippen LogP contribution < -0.4 is 15.6 Å². The fourth-order valence-corrected chi connectivity index (χ4v) is 2.89. The van der Waals surface area contributed by atoms with Crippen LogP contribution in [0, 0.1) is 0 Å². The van der Waals surface area contributed by atoms with Crippen LogP contribution in [0.2, 0.25) is 0 Å². The van der Waals surface area contributed by atoms with E-state index in [0.717, 1.165) is 11.3 Å². The number of methoxy groups -OCH3 is 1. The van der Waals surface area contributed by atoms with Crippen molar-refractivity contribution in [3.63, 3.8) is 0 Å². The van der Waals surface area contributed by atoms with Crippen LogP contribution in [0.1, 0.15) is 43.4 Å². The lowest BCUT2D eigenvalue weighted by atomic mass is 9.87. The van der Waals surface area contributed by atoms with Gasteiger partial charge in [-0.05, 0) is 31.5 Å². The molecule has 116 valence electrons. The van der Waals surface area contributed by atoms with E-state index in [9.17, 15) is 9.59 Å². The van der Waals surface area contributed by atoms with Crippen LogP contribution in [-0.2, 0) is 4.79 Å². The van der Waals surface area contributed by atoms with Crippen molar-refractivity contribution in [3.8, 4) is 5.75 Å². The maximum Gasteiger partial charge on any atom is 0.270 e. The first kappa shape index (κ1) is 14.4. The van der Waals surface area contributed by atoms with Crippen LogP contribution in [0.4, 0.5) is 5.82 Å². The first-order valence-electron chi connectivity index (χ1n) is 7.29. The van der Waals surface area contributed by atoms with Crippen LogP contribution in [-0.4, -0.2) is 22.8 Å². The number of benzene rings is 1. The first-order valence-corrected chi connectivity index (χ1v) is 7.29. The van der Waals surface area contributed by atoms with Gasteiger partial charge in [0.2, 0.25) is 5.91 Å². The number of carbonyl (C=O) groups is 1. The second-order valence-electron chi connectivity index (χ2n) is 5.75. The minimum absolute atomic E-state index is 0.0615. The van der Waals surface area contributed by atoms with Gasteiger partial charge in [0.1, 0.15) is 11.6 Å². The molecule has 1 aromatic carbocycles. The molecule has 1 aliphatic rings. The van der Waals surface area contributed by atoms with Gasteiger partial charge in [0, 0.05) is 18.4 Å². The molecule has 1 aliphatic heterocycles. The van der Waals surface area contributed by atoms with Gasteiger partial charge in [0.05, 0.1) is 12.7 Å². The van der Waals surface area contributed by atoms with Gasteiger partial charge in [0.15, 0.2) is 0 Å². The summed E-state index contributed by atoms with van der Waals surface area (Å²) < 4.78 is 6.87. The molecule has 2 N–H and O–H groups in total. The molecular formula is C16H19N3O3. The summed E-state index contributed by atoms with van der Waals surface area (Å²) in [5, 5.41) is 5.64. The maximum absolute atomic E-state index is 12.4. The molecule has 22 heavy (non-hydrogen) atoms. The van der Waals surface area contributed by atoms with Crippen LogP contribution in [0.3, 0.4) is 0 Å². The summed E-state index contributed by atoms with van der Waals surface area (Å²) in [4.78, 5) is 24.4. The molecule has 0 aliphatic carbocycles. The minimum atomic E-state index is -0.238. The molecule has 0 radical (unpaired) electrons. The Balaban J connectivity index is 2.11. The highest BCUT2D eigenvalue weighted by molar-refractivity contribution is 5.94. The number of ether oxygens (including phenoxy) is 1. The monoisotopic (exact) mass is 301 g/mol. The van der Waals surface area contributed by atoms with Crippen LogP contribution in [0.15, 0.2) is 29.1 Å². The predicted molar refractivity (Wildman–Crippen MR) is 83.5 cm³/mol. The number of carbonyl (C=O) groups excluding carboxylic acids is 1. The number of fused-ring (bicyclic) bond motifs is 1. The van der Waals surface area contributed by atoms with Crippen LogP contribution in [0.25, 0.3) is 0 Å². The minimum Gasteiger partial charge on any atom is -0.497 e. The van der Waals surface area contributed by atoms with Crippen molar-refractivity contribution in [3.05, 3.63) is 45.7 Å². The number of aromatic nitrogens is 2. The molecule has 3 rings (SSSR count). The van der Waals surface area contributed by atoms with E-state index in [1.807, 2.05) is 38.1 Å². The molecule has 1 amide bonds. The summed E-state index contributed by atoms with van der Waals surface area (Å²) in [7, 11) is 1.61. The van der Waals surface area contributed by atoms with Crippen molar-refractivity contribution in [1.29, 1.82) is 0 Å². The number of aromatic amines is 1. The molecule has 0 saturated carbocycles. The Bertz CT molecular complexity index is 756. The standard InChI is InChI=1S/C16H19N3O3/c1-9(2)19-15-14(16(21)18-19)12(8-13(20)17-15)10-4-6-11(22-3)7-5-10/h4-7,9,12H,8H2,1-3H3,(H,17,20)(H,18,21)/t12-/m1/s1. The van der Waals surface area contributed by atoms with Crippen molar-refractivity contribution < 1.29 is 9.53 Å². The average Bonchev–Trinajstić information content (AvgIpc) is 2.84. The highest BCUT2D eigenvalue weighted by atomic mass is 16.5. The third kappa shape index (κ3) is 2.30. The number of amides is 1. The van der Waals surface area contributed by atoms with E-state index in [1.54, 1.807) is 11.8 Å². The van der Waals surface area contributed by atoms with Crippen molar-refractivity contribution in [1.82, 2.24) is 9.78 Å². The lowest BCUT2D eigenvalue weighted by molar-refractivity contribution is -0.116. The summed E-state index contributed by atoms with van der Waals surface area (Å²) in [6.45, 7) is 3.92. The van der Waals surface area contributed by atoms with E-state index in [0.29, 0.717) is 11.4 Å². The molecule has 6 nitrogen and oxygen atoms in total. The smallest absolute Gasteiger partial charge is 0.270 e. The lowest BCUT2D eigenvalue weighted by Crippen LogP contribution is -2.27. The number of rotatable bonds is 3. The number of nitrogens with zero attached hydrogens (tertiary/aromatic N) is 1. The van der Waals surface area contributed by atoms with Crippen molar-refractivity contribution in [2.75, 3.05) is 12.4 Å². The number of anilines is 1. The van der Waals surface area contributed by atoms with Crippen molar-refractivity contribution in [2.24, 2.45) is 0 Å². The summed E-state index contributed by atoms with van der Waals surface area (Å²) in [6.07, 6.45) is 0.268. The fourth-order valence-electron chi connectivity index (χ4n) is 2.89. The Morgan fingerprint density at radius 3 is 2.50 bits per heavy atom. The van der Waals surface area contributed by atoms with Gasteiger partial charge < -0.3 is 10.1 Å². The second kappa shape index (κ2) is 5.36. The molecule has 0 saturated heterocycles. The predicted octanol–water partition coefficient (Wildman–Crippen LogP) is 2.24. The Morgan fingerprint density at radius 2 is 1.91 bits per heavy atom. The first-order chi connectivity index (χ1) is 10.5. The molecule has 0 fully saturated rings. The van der Waals surface area contributed by atoms with Gasteiger partial charge in [-0.1, -0.05) is 12.1 Å². The van der Waals surface area contributed by atoms with Gasteiger partial charge in [-0.25, -0.2) is 0 Å². The summed E-state index contributed by atoms with van der Waals surface area (Å²) >= 11 is 0. The highest BCUT2D eigenvalue weighted by Gasteiger charge is 2.32. The van der Waals surface area contributed by atoms with Crippen LogP contribution >= 0.6 is 0 Å². The third-order valence-electron chi connectivity index (χ3n) is 3.99. The van der Waals surface area contributed by atoms with Gasteiger partial charge in [-0.2, -0.15) is 0 Å². The Morgan fingerprint density at radius 1 is 1.23 bits per heavy atom. The number of nitrogens with one attached hydrogen (secondary N) is 2. The zero-order valence-corrected chi connectivity index (χ0v) is 12.8. The molecule has 0 spiro atoms. The summed E-state index contributed by atoms with van der Waals surface area (Å²) in [5.41, 5.74) is 1.41. The fraction of sp³-hybridized carbons (Fsp3) is 0.375. The summed E-state index contributed by atoms with van der Waals surface area (Å²) in [6, 6.07) is 7.55. The highest BCUT2D eigenvalue weighted by Crippen LogP contribution is 2.36. The van der Waals surface area contributed by atoms with Gasteiger partial charge in [0.25, 0.3) is 5.56 Å². The second-order valence-corrected chi connectivity index (χ2v) is 5.75. The van der Waals surface area contributed by atoms with E-state index in [4.69, 9.17) is 4.74 Å². The lowest BCUT2D eigenvalue weighted by Gasteiger charge is -2.24. The van der Waals surface area contributed by atoms with Gasteiger partial charge >= 0.3 is 0 Å². The van der Waals surface area contributed by atoms with Gasteiger partial charge in [-0.15, -0.1) is 0 Å². The molecule has 2 aromatic rings. The maximum atomic E-state index is 12.4. The molecule has 6 heteroatoms. The molecule has 0 unspecified atom stereocenters. The normalized spacial score (nSPS) is 17.3. The van der Waals surface area contributed by atoms with E-state index in [1.165, 1.54) is 0 Å². The van der Waals surface area contributed by atoms with Crippen molar-refractivity contribution in [2.45, 2.75) is 32.2 Å². The Labute approximate surface area is 128 Å². The Hall–Kier alpha value is -2.50. The zero-order chi connectivity index (χ0) is 15.9. The Kier molecular flexibility index (Phi) is 3.52. The molecule has 1 atom stereocenters. The average molecular weight is 301 g/mol. The molecule has 0 bridgehead atoms. The zero-order valence-electron chi connectivity index (χ0n) is 12.8. The van der Waals surface area contributed by atoms with Crippen LogP contribution in [0.5, 0.6) is 5.75 Å². The van der Waals surface area contributed by atoms with E-state index >= 15 is 0 Å². The van der Waals surface area contributed by atoms with Gasteiger partial charge in [-0.3, -0.25) is 19.4 Å². The van der Waals surface area contributed by atoms with E-state index < -0.39 is 0 Å². The van der Waals surface area contributed by atoms with E-state index in [2.05, 4.69) is 10.4 Å². The number of hydrogen-bond donors (Lipinski definition) is 2.